The van der Waals surface area contributed by atoms with E-state index in [4.69, 9.17) is 32.6 Å². The Morgan fingerprint density at radius 3 is 0.854 bits per heavy atom. The Kier molecular flexibility index (Phi) is 32.2. The lowest BCUT2D eigenvalue weighted by molar-refractivity contribution is 0.118. The van der Waals surface area contributed by atoms with Crippen molar-refractivity contribution in [2.75, 3.05) is 48.3 Å². The number of nitrogens with one attached hydrogen (secondary N) is 1. The number of aliphatic hydroxyl groups is 1. The first-order chi connectivity index (χ1) is 45.8. The highest BCUT2D eigenvalue weighted by molar-refractivity contribution is 6.60. The third-order valence-electron chi connectivity index (χ3n) is 13.5. The maximum Gasteiger partial charge on any atom is 0.500 e. The summed E-state index contributed by atoms with van der Waals surface area (Å²) in [5, 5.41) is 8.84. The normalized spacial score (nSPS) is 13.3. The van der Waals surface area contributed by atoms with Crippen LogP contribution in [-0.2, 0) is 119 Å². The quantitative estimate of drug-likeness (QED) is 0.0225. The van der Waals surface area contributed by atoms with Crippen molar-refractivity contribution < 1.29 is 32.6 Å². The van der Waals surface area contributed by atoms with E-state index in [0.29, 0.717) is 25.7 Å². The molecule has 38 heteroatoms. The topological polar surface area (TPSA) is 423 Å². The van der Waals surface area contributed by atoms with Crippen LogP contribution in [0.4, 0.5) is 0 Å². The van der Waals surface area contributed by atoms with E-state index in [1.54, 1.807) is 0 Å². The number of methoxy groups -OCH3 is 1. The van der Waals surface area contributed by atoms with Crippen molar-refractivity contribution in [2.24, 2.45) is 0 Å². The molecule has 0 spiro atoms. The van der Waals surface area contributed by atoms with Crippen molar-refractivity contribution >= 4 is 8.80 Å². The van der Waals surface area contributed by atoms with Gasteiger partial charge >= 0.3 is 94.2 Å². The number of aromatic amines is 1. The molecule has 2 N–H and O–H groups in total. The number of rotatable bonds is 33. The minimum absolute atomic E-state index is 0.000514. The minimum atomic E-state index is -2.80. The summed E-state index contributed by atoms with van der Waals surface area (Å²) in [7, 11) is 3.03. The lowest BCUT2D eigenvalue weighted by Gasteiger charge is -2.24. The van der Waals surface area contributed by atoms with Gasteiger partial charge in [0.05, 0.1) is 111 Å². The number of hydrogen-bond donors (Lipinski definition) is 2. The molecule has 0 aliphatic carbocycles. The molecule has 7 heterocycles. The van der Waals surface area contributed by atoms with Gasteiger partial charge in [0.2, 0.25) is 0 Å². The van der Waals surface area contributed by atoms with E-state index >= 15 is 0 Å². The van der Waals surface area contributed by atoms with Gasteiger partial charge in [0, 0.05) is 41.0 Å². The van der Waals surface area contributed by atoms with Crippen molar-refractivity contribution in [1.82, 2.24) is 68.9 Å². The average Bonchev–Trinajstić information content (AvgIpc) is 1.40. The van der Waals surface area contributed by atoms with Crippen LogP contribution in [0.25, 0.3) is 0 Å². The zero-order chi connectivity index (χ0) is 72.1. The minimum Gasteiger partial charge on any atom is -0.395 e. The number of H-pyrrole nitrogens is 1. The summed E-state index contributed by atoms with van der Waals surface area (Å²) in [5.74, 6) is 0. The van der Waals surface area contributed by atoms with Gasteiger partial charge < -0.3 is 32.6 Å². The Bertz CT molecular complexity index is 4250. The molecule has 0 aromatic carbocycles. The zero-order valence-corrected chi connectivity index (χ0v) is 54.9. The van der Waals surface area contributed by atoms with Crippen LogP contribution in [0.2, 0.25) is 6.04 Å². The molecular formula is C58H81N15O22Si. The second-order valence-corrected chi connectivity index (χ2v) is 23.0. The molecular weight excluding hydrogens is 1290 g/mol. The number of ether oxygens (including phenoxy) is 3. The summed E-state index contributed by atoms with van der Waals surface area (Å²) in [6.45, 7) is 32.3. The van der Waals surface area contributed by atoms with Gasteiger partial charge in [0.25, 0.3) is 0 Å². The van der Waals surface area contributed by atoms with Gasteiger partial charge in [0.1, 0.15) is 6.73 Å². The Morgan fingerprint density at radius 1 is 0.375 bits per heavy atom. The molecule has 7 rings (SSSR count). The SMILES string of the molecule is C=CCn1c(=O)[nH]c(=O)n(CC=C)c1=O.C=CCn1c(=O)n(CC2CO2)c(=O)n(CC2CO2)c1=O.C=CCn1c(=O)n(CC=C)c(=O)n(CCC[Si](OC)(OC)OC)c1=O.C=CCn1c(=O)n(CC=C)c(=O)n(CCO)c1=O.C=CCn1c(=O)n(CC=C)c(=O)n(COC)c1=O. The number of hydrogen-bond acceptors (Lipinski definition) is 22. The Balaban J connectivity index is 0.000000316. The Labute approximate surface area is 544 Å². The van der Waals surface area contributed by atoms with Gasteiger partial charge in [-0.1, -0.05) is 54.7 Å². The highest BCUT2D eigenvalue weighted by Crippen LogP contribution is 2.15. The molecule has 2 saturated heterocycles. The second-order valence-electron chi connectivity index (χ2n) is 19.9. The lowest BCUT2D eigenvalue weighted by Crippen LogP contribution is -2.55. The third-order valence-corrected chi connectivity index (χ3v) is 16.3. The fraction of sp³-hybridized carbons (Fsp3) is 0.431. The molecule has 0 amide bonds. The van der Waals surface area contributed by atoms with Crippen LogP contribution in [0.1, 0.15) is 6.42 Å². The molecule has 2 aliphatic rings. The molecule has 2 atom stereocenters. The van der Waals surface area contributed by atoms with Crippen LogP contribution in [-0.4, -0.2) is 143 Å². The number of aromatic nitrogens is 15. The molecule has 5 aromatic rings. The standard InChI is InChI=1S/C15H25N3O6Si.C12H15N3O5.2C11H15N3O4.C9H11N3O3/c1-6-9-16-13(19)17(10-7-2)15(21)18(14(16)20)11-8-12-25(22-3,23-4)24-5;1-2-3-13-10(16)14(4-8-6-19-8)12(18)15(11(13)17)5-9-7-20-9;1-4-6-12-9(15)13(7-5-2)11(17)14(8-18-3)10(12)16;1-3-5-12-9(16)13(6-4-2)11(18)14(7-8-15)10(12)17;1-3-5-11-7(13)10-8(14)12(6-4-2)9(11)15/h6-7H,1-2,8-12H2,3-5H3;2,8-9H,1,3-7H2;4-5H,1-2,6-8H2,3H3;3-4,15H,1-2,5-8H2;3-4H,1-2,5-6H2,(H,10,13,14). The molecule has 0 radical (unpaired) electrons. The summed E-state index contributed by atoms with van der Waals surface area (Å²) < 4.78 is 43.9. The molecule has 2 unspecified atom stereocenters. The van der Waals surface area contributed by atoms with Gasteiger partial charge in [-0.3, -0.25) is 4.98 Å². The number of allylic oxidation sites excluding steroid dienone is 9. The van der Waals surface area contributed by atoms with Crippen LogP contribution in [0, 0.1) is 0 Å². The van der Waals surface area contributed by atoms with Crippen molar-refractivity contribution in [3.63, 3.8) is 0 Å². The maximum absolute atomic E-state index is 12.5. The van der Waals surface area contributed by atoms with Crippen LogP contribution in [0.15, 0.2) is 186 Å². The van der Waals surface area contributed by atoms with Gasteiger partial charge in [-0.15, -0.1) is 59.2 Å². The fourth-order valence-electron chi connectivity index (χ4n) is 8.65. The van der Waals surface area contributed by atoms with Crippen molar-refractivity contribution in [2.45, 2.75) is 116 Å². The Hall–Kier alpha value is -10.4. The first-order valence-electron chi connectivity index (χ1n) is 29.0. The van der Waals surface area contributed by atoms with E-state index in [2.05, 4.69) is 59.2 Å². The smallest absolute Gasteiger partial charge is 0.395 e. The molecule has 0 saturated carbocycles. The summed E-state index contributed by atoms with van der Waals surface area (Å²) in [5.41, 5.74) is -10.3. The molecule has 5 aromatic heterocycles. The van der Waals surface area contributed by atoms with E-state index in [-0.39, 0.29) is 111 Å². The molecule has 2 fully saturated rings. The summed E-state index contributed by atoms with van der Waals surface area (Å²) >= 11 is 0. The largest absolute Gasteiger partial charge is 0.500 e. The van der Waals surface area contributed by atoms with Gasteiger partial charge in [-0.05, 0) is 6.42 Å². The highest BCUT2D eigenvalue weighted by atomic mass is 28.4. The Morgan fingerprint density at radius 2 is 0.604 bits per heavy atom. The molecule has 2 aliphatic heterocycles. The summed E-state index contributed by atoms with van der Waals surface area (Å²) in [4.78, 5) is 181. The van der Waals surface area contributed by atoms with E-state index in [9.17, 15) is 71.9 Å². The predicted octanol–water partition coefficient (Wildman–Crippen LogP) is -5.28. The summed E-state index contributed by atoms with van der Waals surface area (Å²) in [6, 6.07) is 0.421. The van der Waals surface area contributed by atoms with Crippen molar-refractivity contribution in [1.29, 1.82) is 0 Å². The van der Waals surface area contributed by atoms with Crippen molar-refractivity contribution in [3.8, 4) is 0 Å². The zero-order valence-electron chi connectivity index (χ0n) is 53.9. The van der Waals surface area contributed by atoms with E-state index in [0.717, 1.165) is 63.9 Å². The first-order valence-corrected chi connectivity index (χ1v) is 30.9. The monoisotopic (exact) mass is 1370 g/mol. The van der Waals surface area contributed by atoms with E-state index < -0.39 is 94.2 Å². The number of epoxide rings is 2. The van der Waals surface area contributed by atoms with Crippen LogP contribution < -0.4 is 85.3 Å². The van der Waals surface area contributed by atoms with Crippen LogP contribution in [0.3, 0.4) is 0 Å². The van der Waals surface area contributed by atoms with E-state index in [1.807, 2.05) is 4.98 Å². The van der Waals surface area contributed by atoms with Gasteiger partial charge in [-0.2, -0.15) is 0 Å². The highest BCUT2D eigenvalue weighted by Gasteiger charge is 2.37. The number of nitrogens with zero attached hydrogens (tertiary/aromatic N) is 14. The van der Waals surface area contributed by atoms with Gasteiger partial charge in [0.15, 0.2) is 0 Å². The average molecular weight is 1370 g/mol. The third kappa shape index (κ3) is 20.1. The maximum atomic E-state index is 12.5. The molecule has 524 valence electrons. The van der Waals surface area contributed by atoms with Crippen LogP contribution >= 0.6 is 0 Å². The fourth-order valence-corrected chi connectivity index (χ4v) is 10.4. The van der Waals surface area contributed by atoms with E-state index in [1.165, 1.54) is 83.1 Å². The lowest BCUT2D eigenvalue weighted by atomic mass is 10.4. The predicted molar refractivity (Wildman–Crippen MR) is 354 cm³/mol. The van der Waals surface area contributed by atoms with Crippen LogP contribution in [0.5, 0.6) is 0 Å². The van der Waals surface area contributed by atoms with Crippen molar-refractivity contribution in [3.05, 3.63) is 271 Å². The molecule has 0 bridgehead atoms. The second kappa shape index (κ2) is 38.7. The first kappa shape index (κ1) is 79.9. The number of aliphatic hydroxyl groups excluding tert-OH is 1. The molecule has 37 nitrogen and oxygen atoms in total. The van der Waals surface area contributed by atoms with Gasteiger partial charge in [-0.25, -0.2) is 136 Å². The molecule has 96 heavy (non-hydrogen) atoms. The summed E-state index contributed by atoms with van der Waals surface area (Å²) in [6.07, 6.45) is 12.8.